The molecule has 0 fully saturated rings. The summed E-state index contributed by atoms with van der Waals surface area (Å²) in [6.45, 7) is 0.780. The Kier molecular flexibility index (Phi) is 3.08. The molecule has 0 unspecified atom stereocenters. The number of carbonyl (C=O) groups excluding carboxylic acids is 1. The zero-order valence-corrected chi connectivity index (χ0v) is 11.1. The first-order chi connectivity index (χ1) is 9.24. The van der Waals surface area contributed by atoms with Gasteiger partial charge in [0, 0.05) is 13.6 Å². The average molecular weight is 276 g/mol. The van der Waals surface area contributed by atoms with Crippen LogP contribution in [0.1, 0.15) is 15.2 Å². The van der Waals surface area contributed by atoms with E-state index < -0.39 is 0 Å². The molecular formula is C13H12N2O3S. The molecule has 2 heterocycles. The number of rotatable bonds is 3. The molecule has 1 aliphatic rings. The monoisotopic (exact) mass is 276 g/mol. The molecule has 1 aromatic carbocycles. The van der Waals surface area contributed by atoms with Gasteiger partial charge in [-0.25, -0.2) is 0 Å². The first-order valence-corrected chi connectivity index (χ1v) is 6.64. The van der Waals surface area contributed by atoms with E-state index in [4.69, 9.17) is 9.47 Å². The van der Waals surface area contributed by atoms with Crippen LogP contribution in [0.2, 0.25) is 0 Å². The van der Waals surface area contributed by atoms with Crippen molar-refractivity contribution in [3.63, 3.8) is 0 Å². The molecule has 0 saturated heterocycles. The van der Waals surface area contributed by atoms with E-state index in [2.05, 4.69) is 4.98 Å². The number of hydrogen-bond donors (Lipinski definition) is 0. The summed E-state index contributed by atoms with van der Waals surface area (Å²) in [5, 5.41) is 0. The van der Waals surface area contributed by atoms with Crippen LogP contribution in [-0.2, 0) is 6.54 Å². The molecule has 0 N–H and O–H groups in total. The Morgan fingerprint density at radius 1 is 1.42 bits per heavy atom. The highest BCUT2D eigenvalue weighted by atomic mass is 32.1. The van der Waals surface area contributed by atoms with E-state index in [-0.39, 0.29) is 12.7 Å². The summed E-state index contributed by atoms with van der Waals surface area (Å²) >= 11 is 1.34. The maximum absolute atomic E-state index is 12.1. The number of aromatic nitrogens is 1. The molecule has 0 radical (unpaired) electrons. The van der Waals surface area contributed by atoms with Crippen LogP contribution >= 0.6 is 11.3 Å². The Bertz CT molecular complexity index is 598. The first-order valence-electron chi connectivity index (χ1n) is 5.76. The molecule has 0 bridgehead atoms. The molecule has 0 saturated carbocycles. The number of hydrogen-bond acceptors (Lipinski definition) is 5. The van der Waals surface area contributed by atoms with E-state index >= 15 is 0 Å². The van der Waals surface area contributed by atoms with E-state index in [0.717, 1.165) is 17.1 Å². The van der Waals surface area contributed by atoms with Crippen LogP contribution in [0.25, 0.3) is 0 Å². The second-order valence-corrected chi connectivity index (χ2v) is 5.10. The molecule has 1 aliphatic heterocycles. The predicted octanol–water partition coefficient (Wildman–Crippen LogP) is 2.14. The van der Waals surface area contributed by atoms with E-state index in [0.29, 0.717) is 11.4 Å². The largest absolute Gasteiger partial charge is 0.454 e. The standard InChI is InChI=1S/C13H12N2O3S/c1-15(13(16)12-5-14-7-19-12)6-9-2-3-10-11(4-9)18-8-17-10/h2-5,7H,6,8H2,1H3. The molecule has 6 heteroatoms. The Morgan fingerprint density at radius 2 is 2.26 bits per heavy atom. The molecule has 3 rings (SSSR count). The van der Waals surface area contributed by atoms with Crippen molar-refractivity contribution in [2.45, 2.75) is 6.54 Å². The second-order valence-electron chi connectivity index (χ2n) is 4.21. The Hall–Kier alpha value is -2.08. The fourth-order valence-electron chi connectivity index (χ4n) is 1.89. The molecule has 98 valence electrons. The van der Waals surface area contributed by atoms with Gasteiger partial charge in [-0.3, -0.25) is 9.78 Å². The van der Waals surface area contributed by atoms with Gasteiger partial charge in [-0.1, -0.05) is 6.07 Å². The number of nitrogens with zero attached hydrogens (tertiary/aromatic N) is 2. The minimum atomic E-state index is -0.0276. The first kappa shape index (κ1) is 12.0. The summed E-state index contributed by atoms with van der Waals surface area (Å²) in [7, 11) is 1.77. The number of carbonyl (C=O) groups is 1. The van der Waals surface area contributed by atoms with Crippen LogP contribution in [0.4, 0.5) is 0 Å². The highest BCUT2D eigenvalue weighted by molar-refractivity contribution is 7.11. The Morgan fingerprint density at radius 3 is 3.05 bits per heavy atom. The van der Waals surface area contributed by atoms with Crippen molar-refractivity contribution in [2.24, 2.45) is 0 Å². The lowest BCUT2D eigenvalue weighted by atomic mass is 10.2. The highest BCUT2D eigenvalue weighted by Gasteiger charge is 2.16. The number of fused-ring (bicyclic) bond motifs is 1. The smallest absolute Gasteiger partial charge is 0.265 e. The zero-order valence-electron chi connectivity index (χ0n) is 10.3. The van der Waals surface area contributed by atoms with E-state index in [9.17, 15) is 4.79 Å². The molecule has 2 aromatic rings. The third-order valence-corrected chi connectivity index (χ3v) is 3.61. The minimum absolute atomic E-state index is 0.0276. The molecule has 0 aliphatic carbocycles. The van der Waals surface area contributed by atoms with E-state index in [1.54, 1.807) is 23.7 Å². The van der Waals surface area contributed by atoms with Crippen LogP contribution in [0.15, 0.2) is 29.9 Å². The Balaban J connectivity index is 1.73. The van der Waals surface area contributed by atoms with Gasteiger partial charge in [0.05, 0.1) is 11.7 Å². The topological polar surface area (TPSA) is 51.7 Å². The van der Waals surface area contributed by atoms with Crippen molar-refractivity contribution in [1.29, 1.82) is 0 Å². The summed E-state index contributed by atoms with van der Waals surface area (Å²) in [6.07, 6.45) is 1.59. The second kappa shape index (κ2) is 4.89. The van der Waals surface area contributed by atoms with Gasteiger partial charge in [0.2, 0.25) is 6.79 Å². The number of amides is 1. The summed E-state index contributed by atoms with van der Waals surface area (Å²) in [6, 6.07) is 5.70. The third-order valence-electron chi connectivity index (χ3n) is 2.85. The van der Waals surface area contributed by atoms with E-state index in [1.807, 2.05) is 18.2 Å². The van der Waals surface area contributed by atoms with E-state index in [1.165, 1.54) is 11.3 Å². The van der Waals surface area contributed by atoms with Crippen LogP contribution in [0.3, 0.4) is 0 Å². The number of benzene rings is 1. The van der Waals surface area contributed by atoms with Crippen LogP contribution < -0.4 is 9.47 Å². The third kappa shape index (κ3) is 2.39. The SMILES string of the molecule is CN(Cc1ccc2c(c1)OCO2)C(=O)c1cncs1. The van der Waals surface area contributed by atoms with Gasteiger partial charge in [0.1, 0.15) is 4.88 Å². The summed E-state index contributed by atoms with van der Waals surface area (Å²) in [5.41, 5.74) is 2.66. The number of ether oxygens (including phenoxy) is 2. The summed E-state index contributed by atoms with van der Waals surface area (Å²) in [5.74, 6) is 1.46. The van der Waals surface area contributed by atoms with Gasteiger partial charge < -0.3 is 14.4 Å². The number of thiazole rings is 1. The van der Waals surface area contributed by atoms with Crippen LogP contribution in [-0.4, -0.2) is 29.6 Å². The lowest BCUT2D eigenvalue weighted by Crippen LogP contribution is -2.25. The van der Waals surface area contributed by atoms with Crippen LogP contribution in [0, 0.1) is 0 Å². The quantitative estimate of drug-likeness (QED) is 0.862. The molecule has 5 nitrogen and oxygen atoms in total. The summed E-state index contributed by atoms with van der Waals surface area (Å²) in [4.78, 5) is 18.3. The average Bonchev–Trinajstić information content (AvgIpc) is 3.08. The minimum Gasteiger partial charge on any atom is -0.454 e. The predicted molar refractivity (Wildman–Crippen MR) is 70.5 cm³/mol. The van der Waals surface area contributed by atoms with Gasteiger partial charge in [0.25, 0.3) is 5.91 Å². The molecule has 0 spiro atoms. The van der Waals surface area contributed by atoms with Gasteiger partial charge in [-0.05, 0) is 17.7 Å². The molecule has 1 amide bonds. The van der Waals surface area contributed by atoms with Gasteiger partial charge in [0.15, 0.2) is 11.5 Å². The van der Waals surface area contributed by atoms with Crippen LogP contribution in [0.5, 0.6) is 11.5 Å². The molecule has 0 atom stereocenters. The van der Waals surface area contributed by atoms with Gasteiger partial charge >= 0.3 is 0 Å². The van der Waals surface area contributed by atoms with Crippen molar-refractivity contribution < 1.29 is 14.3 Å². The highest BCUT2D eigenvalue weighted by Crippen LogP contribution is 2.32. The Labute approximate surface area is 114 Å². The maximum atomic E-state index is 12.1. The van der Waals surface area contributed by atoms with Crippen molar-refractivity contribution >= 4 is 17.2 Å². The van der Waals surface area contributed by atoms with Crippen molar-refractivity contribution in [3.05, 3.63) is 40.3 Å². The molecule has 1 aromatic heterocycles. The fourth-order valence-corrected chi connectivity index (χ4v) is 2.51. The lowest BCUT2D eigenvalue weighted by Gasteiger charge is -2.16. The summed E-state index contributed by atoms with van der Waals surface area (Å²) < 4.78 is 10.6. The molecule has 19 heavy (non-hydrogen) atoms. The lowest BCUT2D eigenvalue weighted by molar-refractivity contribution is 0.0789. The zero-order chi connectivity index (χ0) is 13.2. The molecular weight excluding hydrogens is 264 g/mol. The normalized spacial score (nSPS) is 12.5. The fraction of sp³-hybridized carbons (Fsp3) is 0.231. The van der Waals surface area contributed by atoms with Gasteiger partial charge in [-0.15, -0.1) is 11.3 Å². The van der Waals surface area contributed by atoms with Gasteiger partial charge in [-0.2, -0.15) is 0 Å². The van der Waals surface area contributed by atoms with Crippen molar-refractivity contribution in [1.82, 2.24) is 9.88 Å². The maximum Gasteiger partial charge on any atom is 0.265 e. The van der Waals surface area contributed by atoms with Crippen molar-refractivity contribution in [2.75, 3.05) is 13.8 Å². The van der Waals surface area contributed by atoms with Crippen molar-refractivity contribution in [3.8, 4) is 11.5 Å².